The molecule has 0 aliphatic carbocycles. The van der Waals surface area contributed by atoms with Gasteiger partial charge in [-0.25, -0.2) is 4.98 Å². The van der Waals surface area contributed by atoms with E-state index in [1.807, 2.05) is 29.5 Å². The zero-order valence-corrected chi connectivity index (χ0v) is 15.0. The van der Waals surface area contributed by atoms with Crippen LogP contribution >= 0.6 is 11.3 Å². The molecule has 2 N–H and O–H groups in total. The average Bonchev–Trinajstić information content (AvgIpc) is 3.25. The molecule has 1 aliphatic rings. The second kappa shape index (κ2) is 7.46. The number of piperazine rings is 1. The highest BCUT2D eigenvalue weighted by atomic mass is 32.1. The van der Waals surface area contributed by atoms with Crippen LogP contribution < -0.4 is 0 Å². The van der Waals surface area contributed by atoms with Crippen molar-refractivity contribution in [3.05, 3.63) is 28.3 Å². The Morgan fingerprint density at radius 1 is 1.42 bits per heavy atom. The first kappa shape index (κ1) is 17.1. The van der Waals surface area contributed by atoms with Crippen LogP contribution in [0.4, 0.5) is 0 Å². The monoisotopic (exact) mass is 348 g/mol. The summed E-state index contributed by atoms with van der Waals surface area (Å²) in [5.74, 6) is 0.0323. The van der Waals surface area contributed by atoms with Crippen molar-refractivity contribution in [3.63, 3.8) is 0 Å². The van der Waals surface area contributed by atoms with Gasteiger partial charge in [-0.1, -0.05) is 6.92 Å². The van der Waals surface area contributed by atoms with Crippen molar-refractivity contribution in [1.82, 2.24) is 19.8 Å². The molecule has 0 radical (unpaired) electrons. The number of carbonyl (C=O) groups excluding carboxylic acids is 1. The SMILES string of the molecule is CCC(CO)N1CCN(C(=O)c2cc(-c3csc(C)n3)c[nH]2)CC1. The minimum atomic E-state index is 0.0323. The largest absolute Gasteiger partial charge is 0.395 e. The Hall–Kier alpha value is -1.70. The van der Waals surface area contributed by atoms with Gasteiger partial charge in [-0.05, 0) is 19.4 Å². The smallest absolute Gasteiger partial charge is 0.270 e. The second-order valence-corrected chi connectivity index (χ2v) is 7.19. The molecule has 24 heavy (non-hydrogen) atoms. The van der Waals surface area contributed by atoms with Crippen LogP contribution in [0.15, 0.2) is 17.6 Å². The van der Waals surface area contributed by atoms with Gasteiger partial charge >= 0.3 is 0 Å². The normalized spacial score (nSPS) is 17.2. The summed E-state index contributed by atoms with van der Waals surface area (Å²) in [7, 11) is 0. The number of aliphatic hydroxyl groups excluding tert-OH is 1. The van der Waals surface area contributed by atoms with E-state index in [2.05, 4.69) is 21.8 Å². The number of hydrogen-bond donors (Lipinski definition) is 2. The summed E-state index contributed by atoms with van der Waals surface area (Å²) in [4.78, 5) is 24.4. The Balaban J connectivity index is 1.63. The van der Waals surface area contributed by atoms with Gasteiger partial charge in [0.2, 0.25) is 0 Å². The molecule has 2 aromatic rings. The van der Waals surface area contributed by atoms with Crippen molar-refractivity contribution in [2.24, 2.45) is 0 Å². The van der Waals surface area contributed by atoms with Crippen molar-refractivity contribution in [2.45, 2.75) is 26.3 Å². The number of rotatable bonds is 5. The number of hydrogen-bond acceptors (Lipinski definition) is 5. The molecule has 0 aromatic carbocycles. The Morgan fingerprint density at radius 2 is 2.17 bits per heavy atom. The summed E-state index contributed by atoms with van der Waals surface area (Å²) in [5.41, 5.74) is 2.47. The van der Waals surface area contributed by atoms with Gasteiger partial charge in [-0.2, -0.15) is 0 Å². The van der Waals surface area contributed by atoms with E-state index in [0.717, 1.165) is 35.8 Å². The molecule has 1 atom stereocenters. The number of H-pyrrole nitrogens is 1. The average molecular weight is 348 g/mol. The third-order valence-corrected chi connectivity index (χ3v) is 5.40. The fraction of sp³-hybridized carbons (Fsp3) is 0.529. The molecule has 1 amide bonds. The minimum absolute atomic E-state index is 0.0323. The minimum Gasteiger partial charge on any atom is -0.395 e. The highest BCUT2D eigenvalue weighted by molar-refractivity contribution is 7.09. The lowest BCUT2D eigenvalue weighted by atomic mass is 10.1. The summed E-state index contributed by atoms with van der Waals surface area (Å²) in [6, 6.07) is 2.08. The van der Waals surface area contributed by atoms with E-state index >= 15 is 0 Å². The lowest BCUT2D eigenvalue weighted by Crippen LogP contribution is -2.52. The quantitative estimate of drug-likeness (QED) is 0.867. The Morgan fingerprint density at radius 3 is 2.75 bits per heavy atom. The molecule has 0 bridgehead atoms. The molecule has 1 saturated heterocycles. The molecule has 1 fully saturated rings. The second-order valence-electron chi connectivity index (χ2n) is 6.13. The number of nitrogens with one attached hydrogen (secondary N) is 1. The van der Waals surface area contributed by atoms with Gasteiger partial charge in [0.1, 0.15) is 5.69 Å². The summed E-state index contributed by atoms with van der Waals surface area (Å²) in [6.07, 6.45) is 2.77. The van der Waals surface area contributed by atoms with Crippen LogP contribution in [0.1, 0.15) is 28.8 Å². The first-order valence-electron chi connectivity index (χ1n) is 8.37. The molecule has 0 saturated carbocycles. The molecule has 1 unspecified atom stereocenters. The van der Waals surface area contributed by atoms with Gasteiger partial charge in [0.15, 0.2) is 0 Å². The van der Waals surface area contributed by atoms with Crippen LogP contribution in [-0.2, 0) is 0 Å². The fourth-order valence-electron chi connectivity index (χ4n) is 3.12. The molecule has 0 spiro atoms. The number of aromatic nitrogens is 2. The van der Waals surface area contributed by atoms with Gasteiger partial charge in [-0.3, -0.25) is 9.69 Å². The lowest BCUT2D eigenvalue weighted by Gasteiger charge is -2.38. The van der Waals surface area contributed by atoms with Crippen molar-refractivity contribution < 1.29 is 9.90 Å². The number of aromatic amines is 1. The maximum atomic E-state index is 12.7. The molecular weight excluding hydrogens is 324 g/mol. The van der Waals surface area contributed by atoms with Crippen molar-refractivity contribution in [2.75, 3.05) is 32.8 Å². The van der Waals surface area contributed by atoms with Gasteiger partial charge in [0.25, 0.3) is 5.91 Å². The maximum Gasteiger partial charge on any atom is 0.270 e. The molecule has 6 nitrogen and oxygen atoms in total. The van der Waals surface area contributed by atoms with E-state index in [4.69, 9.17) is 0 Å². The van der Waals surface area contributed by atoms with Crippen LogP contribution in [0.2, 0.25) is 0 Å². The van der Waals surface area contributed by atoms with Crippen molar-refractivity contribution in [3.8, 4) is 11.3 Å². The van der Waals surface area contributed by atoms with E-state index in [1.165, 1.54) is 0 Å². The first-order valence-corrected chi connectivity index (χ1v) is 9.25. The third-order valence-electron chi connectivity index (χ3n) is 4.63. The van der Waals surface area contributed by atoms with Crippen molar-refractivity contribution >= 4 is 17.2 Å². The van der Waals surface area contributed by atoms with Crippen molar-refractivity contribution in [1.29, 1.82) is 0 Å². The highest BCUT2D eigenvalue weighted by Gasteiger charge is 2.26. The molecule has 3 rings (SSSR count). The number of carbonyl (C=O) groups is 1. The zero-order chi connectivity index (χ0) is 17.1. The fourth-order valence-corrected chi connectivity index (χ4v) is 3.75. The van der Waals surface area contributed by atoms with Crippen LogP contribution in [0.5, 0.6) is 0 Å². The summed E-state index contributed by atoms with van der Waals surface area (Å²) < 4.78 is 0. The van der Waals surface area contributed by atoms with E-state index in [0.29, 0.717) is 18.8 Å². The molecule has 7 heteroatoms. The Labute approximate surface area is 146 Å². The molecule has 130 valence electrons. The van der Waals surface area contributed by atoms with Gasteiger partial charge in [-0.15, -0.1) is 11.3 Å². The van der Waals surface area contributed by atoms with Crippen LogP contribution in [0, 0.1) is 6.92 Å². The number of aryl methyl sites for hydroxylation is 1. The molecule has 1 aliphatic heterocycles. The lowest BCUT2D eigenvalue weighted by molar-refractivity contribution is 0.0468. The number of amides is 1. The predicted octanol–water partition coefficient (Wildman–Crippen LogP) is 1.98. The Kier molecular flexibility index (Phi) is 5.33. The van der Waals surface area contributed by atoms with Crippen LogP contribution in [0.3, 0.4) is 0 Å². The third kappa shape index (κ3) is 3.53. The van der Waals surface area contributed by atoms with E-state index in [-0.39, 0.29) is 18.6 Å². The van der Waals surface area contributed by atoms with Gasteiger partial charge in [0, 0.05) is 49.4 Å². The summed E-state index contributed by atoms with van der Waals surface area (Å²) in [5, 5.41) is 12.4. The Bertz CT molecular complexity index is 684. The standard InChI is InChI=1S/C17H24N4O2S/c1-3-14(10-22)20-4-6-21(7-5-20)17(23)15-8-13(9-18-15)16-11-24-12(2)19-16/h8-9,11,14,18,22H,3-7,10H2,1-2H3. The highest BCUT2D eigenvalue weighted by Crippen LogP contribution is 2.23. The first-order chi connectivity index (χ1) is 11.6. The molecule has 2 aromatic heterocycles. The number of thiazole rings is 1. The van der Waals surface area contributed by atoms with E-state index in [9.17, 15) is 9.90 Å². The van der Waals surface area contributed by atoms with Crippen LogP contribution in [-0.4, -0.2) is 69.6 Å². The predicted molar refractivity (Wildman–Crippen MR) is 95.3 cm³/mol. The number of aliphatic hydroxyl groups is 1. The number of nitrogens with zero attached hydrogens (tertiary/aromatic N) is 3. The van der Waals surface area contributed by atoms with Gasteiger partial charge < -0.3 is 15.0 Å². The topological polar surface area (TPSA) is 72.5 Å². The van der Waals surface area contributed by atoms with E-state index in [1.54, 1.807) is 11.3 Å². The molecular formula is C17H24N4O2S. The maximum absolute atomic E-state index is 12.7. The van der Waals surface area contributed by atoms with Crippen LogP contribution in [0.25, 0.3) is 11.3 Å². The van der Waals surface area contributed by atoms with Gasteiger partial charge in [0.05, 0.1) is 17.3 Å². The summed E-state index contributed by atoms with van der Waals surface area (Å²) in [6.45, 7) is 7.24. The van der Waals surface area contributed by atoms with E-state index < -0.39 is 0 Å². The summed E-state index contributed by atoms with van der Waals surface area (Å²) >= 11 is 1.61. The molecule has 3 heterocycles. The zero-order valence-electron chi connectivity index (χ0n) is 14.2.